The molecule has 0 spiro atoms. The van der Waals surface area contributed by atoms with Crippen LogP contribution in [-0.4, -0.2) is 6.61 Å². The summed E-state index contributed by atoms with van der Waals surface area (Å²) >= 11 is 0. The lowest BCUT2D eigenvalue weighted by Gasteiger charge is -2.00. The van der Waals surface area contributed by atoms with Crippen molar-refractivity contribution in [1.82, 2.24) is 0 Å². The minimum atomic E-state index is 0.624. The third kappa shape index (κ3) is 4.94. The van der Waals surface area contributed by atoms with Crippen molar-refractivity contribution in [2.45, 2.75) is 13.3 Å². The summed E-state index contributed by atoms with van der Waals surface area (Å²) in [6, 6.07) is 0. The highest BCUT2D eigenvalue weighted by Crippen LogP contribution is 1.94. The van der Waals surface area contributed by atoms with Crippen LogP contribution in [0.1, 0.15) is 13.3 Å². The minimum Gasteiger partial charge on any atom is -0.494 e. The first-order valence-corrected chi connectivity index (χ1v) is 3.01. The maximum atomic E-state index is 5.08. The smallest absolute Gasteiger partial charge is 0.113 e. The Morgan fingerprint density at radius 2 is 2.44 bits per heavy atom. The molecule has 2 N–H and O–H groups in total. The van der Waals surface area contributed by atoms with Crippen LogP contribution in [0.15, 0.2) is 24.6 Å². The van der Waals surface area contributed by atoms with E-state index < -0.39 is 0 Å². The summed E-state index contributed by atoms with van der Waals surface area (Å²) < 4.78 is 5.07. The van der Waals surface area contributed by atoms with Gasteiger partial charge < -0.3 is 10.5 Å². The lowest BCUT2D eigenvalue weighted by molar-refractivity contribution is 0.226. The summed E-state index contributed by atoms with van der Waals surface area (Å²) in [6.07, 6.45) is 4.05. The van der Waals surface area contributed by atoms with Crippen molar-refractivity contribution in [3.8, 4) is 0 Å². The summed E-state index contributed by atoms with van der Waals surface area (Å²) in [5, 5.41) is 0. The molecule has 0 aromatic heterocycles. The van der Waals surface area contributed by atoms with Gasteiger partial charge in [0, 0.05) is 0 Å². The summed E-state index contributed by atoms with van der Waals surface area (Å²) in [4.78, 5) is 0. The van der Waals surface area contributed by atoms with Crippen LogP contribution in [0.5, 0.6) is 0 Å². The van der Waals surface area contributed by atoms with Gasteiger partial charge in [0.15, 0.2) is 0 Å². The average molecular weight is 127 g/mol. The van der Waals surface area contributed by atoms with E-state index in [9.17, 15) is 0 Å². The van der Waals surface area contributed by atoms with Crippen molar-refractivity contribution in [2.75, 3.05) is 6.61 Å². The number of hydrogen-bond acceptors (Lipinski definition) is 2. The van der Waals surface area contributed by atoms with Crippen molar-refractivity contribution in [3.63, 3.8) is 0 Å². The SMILES string of the molecule is C=C(C=CN)OCCC. The molecular formula is C7H13NO. The number of allylic oxidation sites excluding steroid dienone is 1. The molecule has 0 aliphatic heterocycles. The Kier molecular flexibility index (Phi) is 4.69. The van der Waals surface area contributed by atoms with Crippen molar-refractivity contribution in [2.24, 2.45) is 5.73 Å². The average Bonchev–Trinajstić information content (AvgIpc) is 1.85. The third-order valence-electron chi connectivity index (χ3n) is 0.774. The molecule has 2 heteroatoms. The number of rotatable bonds is 4. The largest absolute Gasteiger partial charge is 0.494 e. The van der Waals surface area contributed by atoms with Gasteiger partial charge in [0.2, 0.25) is 0 Å². The van der Waals surface area contributed by atoms with Gasteiger partial charge in [0.25, 0.3) is 0 Å². The molecule has 0 amide bonds. The zero-order valence-corrected chi connectivity index (χ0v) is 5.76. The molecule has 0 unspecified atom stereocenters. The van der Waals surface area contributed by atoms with Gasteiger partial charge in [-0.05, 0) is 18.7 Å². The van der Waals surface area contributed by atoms with Crippen molar-refractivity contribution < 1.29 is 4.74 Å². The van der Waals surface area contributed by atoms with Gasteiger partial charge in [-0.2, -0.15) is 0 Å². The van der Waals surface area contributed by atoms with Crippen molar-refractivity contribution in [3.05, 3.63) is 24.6 Å². The predicted molar refractivity (Wildman–Crippen MR) is 38.7 cm³/mol. The van der Waals surface area contributed by atoms with E-state index in [1.54, 1.807) is 6.08 Å². The molecule has 0 rings (SSSR count). The lowest BCUT2D eigenvalue weighted by atomic mass is 10.5. The van der Waals surface area contributed by atoms with Gasteiger partial charge in [-0.25, -0.2) is 0 Å². The zero-order valence-electron chi connectivity index (χ0n) is 5.76. The number of hydrogen-bond donors (Lipinski definition) is 1. The molecule has 0 aliphatic rings. The first-order valence-electron chi connectivity index (χ1n) is 3.01. The summed E-state index contributed by atoms with van der Waals surface area (Å²) in [7, 11) is 0. The van der Waals surface area contributed by atoms with Gasteiger partial charge in [-0.3, -0.25) is 0 Å². The molecule has 0 atom stereocenters. The van der Waals surface area contributed by atoms with Crippen LogP contribution in [0, 0.1) is 0 Å². The first kappa shape index (κ1) is 8.08. The van der Waals surface area contributed by atoms with Crippen LogP contribution in [-0.2, 0) is 4.74 Å². The summed E-state index contributed by atoms with van der Waals surface area (Å²) in [5.74, 6) is 0.624. The van der Waals surface area contributed by atoms with E-state index in [2.05, 4.69) is 6.58 Å². The molecule has 0 bridgehead atoms. The van der Waals surface area contributed by atoms with Crippen LogP contribution in [0.4, 0.5) is 0 Å². The van der Waals surface area contributed by atoms with Crippen LogP contribution in [0.25, 0.3) is 0 Å². The second kappa shape index (κ2) is 5.22. The molecule has 0 aliphatic carbocycles. The number of ether oxygens (including phenoxy) is 1. The Morgan fingerprint density at radius 1 is 1.78 bits per heavy atom. The Balaban J connectivity index is 3.27. The van der Waals surface area contributed by atoms with Gasteiger partial charge in [0.05, 0.1) is 6.61 Å². The quantitative estimate of drug-likeness (QED) is 0.457. The Hall–Kier alpha value is -0.920. The molecule has 9 heavy (non-hydrogen) atoms. The second-order valence-corrected chi connectivity index (χ2v) is 1.67. The van der Waals surface area contributed by atoms with Crippen LogP contribution in [0.3, 0.4) is 0 Å². The van der Waals surface area contributed by atoms with Crippen molar-refractivity contribution >= 4 is 0 Å². The van der Waals surface area contributed by atoms with E-state index in [1.807, 2.05) is 6.92 Å². The van der Waals surface area contributed by atoms with Gasteiger partial charge >= 0.3 is 0 Å². The van der Waals surface area contributed by atoms with E-state index >= 15 is 0 Å². The fraction of sp³-hybridized carbons (Fsp3) is 0.429. The molecule has 0 saturated carbocycles. The molecule has 0 aromatic rings. The molecule has 0 heterocycles. The van der Waals surface area contributed by atoms with Crippen molar-refractivity contribution in [1.29, 1.82) is 0 Å². The number of nitrogens with two attached hydrogens (primary N) is 1. The second-order valence-electron chi connectivity index (χ2n) is 1.67. The van der Waals surface area contributed by atoms with Crippen LogP contribution < -0.4 is 5.73 Å². The Bertz CT molecular complexity index is 107. The highest BCUT2D eigenvalue weighted by molar-refractivity contribution is 5.04. The van der Waals surface area contributed by atoms with Crippen LogP contribution >= 0.6 is 0 Å². The predicted octanol–water partition coefficient (Wildman–Crippen LogP) is 1.40. The fourth-order valence-electron chi connectivity index (χ4n) is 0.389. The van der Waals surface area contributed by atoms with E-state index in [4.69, 9.17) is 10.5 Å². The summed E-state index contributed by atoms with van der Waals surface area (Å²) in [6.45, 7) is 6.35. The Labute approximate surface area is 56.0 Å². The standard InChI is InChI=1S/C7H13NO/c1-3-6-9-7(2)4-5-8/h4-5H,2-3,6,8H2,1H3. The van der Waals surface area contributed by atoms with E-state index in [0.29, 0.717) is 12.4 Å². The third-order valence-corrected chi connectivity index (χ3v) is 0.774. The molecule has 0 fully saturated rings. The zero-order chi connectivity index (χ0) is 7.11. The highest BCUT2D eigenvalue weighted by Gasteiger charge is 1.83. The maximum absolute atomic E-state index is 5.08. The molecule has 0 radical (unpaired) electrons. The highest BCUT2D eigenvalue weighted by atomic mass is 16.5. The Morgan fingerprint density at radius 3 is 2.89 bits per heavy atom. The lowest BCUT2D eigenvalue weighted by Crippen LogP contribution is -1.90. The van der Waals surface area contributed by atoms with Gasteiger partial charge in [-0.15, -0.1) is 0 Å². The van der Waals surface area contributed by atoms with E-state index in [0.717, 1.165) is 6.42 Å². The summed E-state index contributed by atoms with van der Waals surface area (Å²) in [5.41, 5.74) is 5.08. The van der Waals surface area contributed by atoms with Crippen LogP contribution in [0.2, 0.25) is 0 Å². The molecule has 52 valence electrons. The fourth-order valence-corrected chi connectivity index (χ4v) is 0.389. The van der Waals surface area contributed by atoms with Gasteiger partial charge in [-0.1, -0.05) is 13.5 Å². The topological polar surface area (TPSA) is 35.2 Å². The monoisotopic (exact) mass is 127 g/mol. The molecular weight excluding hydrogens is 114 g/mol. The maximum Gasteiger partial charge on any atom is 0.113 e. The van der Waals surface area contributed by atoms with E-state index in [1.165, 1.54) is 6.20 Å². The molecule has 0 saturated heterocycles. The van der Waals surface area contributed by atoms with E-state index in [-0.39, 0.29) is 0 Å². The molecule has 0 aromatic carbocycles. The first-order chi connectivity index (χ1) is 4.31. The normalized spacial score (nSPS) is 9.89. The minimum absolute atomic E-state index is 0.624. The van der Waals surface area contributed by atoms with Gasteiger partial charge in [0.1, 0.15) is 5.76 Å². The molecule has 2 nitrogen and oxygen atoms in total.